The molecule has 1 N–H and O–H groups in total. The fraction of sp³-hybridized carbons (Fsp3) is 0.667. The van der Waals surface area contributed by atoms with Crippen LogP contribution >= 0.6 is 0 Å². The average Bonchev–Trinajstić information content (AvgIpc) is 2.28. The fourth-order valence-electron chi connectivity index (χ4n) is 1.83. The molecule has 16 heavy (non-hydrogen) atoms. The van der Waals surface area contributed by atoms with E-state index in [0.29, 0.717) is 6.61 Å². The van der Waals surface area contributed by atoms with E-state index in [1.165, 1.54) is 31.4 Å². The van der Waals surface area contributed by atoms with Gasteiger partial charge in [-0.2, -0.15) is 0 Å². The van der Waals surface area contributed by atoms with E-state index in [-0.39, 0.29) is 11.9 Å². The standard InChI is InChI=1S/C12H19NO3/c1-2-16-12(15)9-8-11(14)13-10-6-4-3-5-7-10/h8-10H,2-7H2,1H3,(H,13,14)/b9-8-. The highest BCUT2D eigenvalue weighted by molar-refractivity contribution is 5.94. The summed E-state index contributed by atoms with van der Waals surface area (Å²) in [7, 11) is 0. The SMILES string of the molecule is CCOC(=O)/C=C\C(=O)NC1CCCCC1. The van der Waals surface area contributed by atoms with Crippen molar-refractivity contribution in [2.75, 3.05) is 6.61 Å². The molecule has 0 aromatic heterocycles. The first-order valence-electron chi connectivity index (χ1n) is 5.87. The lowest BCUT2D eigenvalue weighted by molar-refractivity contribution is -0.137. The van der Waals surface area contributed by atoms with Gasteiger partial charge in [-0.25, -0.2) is 4.79 Å². The molecule has 0 atom stereocenters. The van der Waals surface area contributed by atoms with Crippen LogP contribution in [0.25, 0.3) is 0 Å². The van der Waals surface area contributed by atoms with Crippen LogP contribution in [0.15, 0.2) is 12.2 Å². The zero-order valence-corrected chi connectivity index (χ0v) is 9.70. The van der Waals surface area contributed by atoms with Crippen LogP contribution in [0.5, 0.6) is 0 Å². The van der Waals surface area contributed by atoms with Crippen molar-refractivity contribution >= 4 is 11.9 Å². The molecule has 0 spiro atoms. The highest BCUT2D eigenvalue weighted by Gasteiger charge is 2.14. The Morgan fingerprint density at radius 2 is 1.94 bits per heavy atom. The average molecular weight is 225 g/mol. The van der Waals surface area contributed by atoms with E-state index in [2.05, 4.69) is 10.1 Å². The van der Waals surface area contributed by atoms with Crippen LogP contribution in [0.4, 0.5) is 0 Å². The molecule has 1 saturated carbocycles. The van der Waals surface area contributed by atoms with Crippen LogP contribution in [-0.2, 0) is 14.3 Å². The van der Waals surface area contributed by atoms with Gasteiger partial charge in [0.05, 0.1) is 6.61 Å². The minimum absolute atomic E-state index is 0.208. The Morgan fingerprint density at radius 3 is 2.56 bits per heavy atom. The number of amides is 1. The van der Waals surface area contributed by atoms with Gasteiger partial charge in [0.1, 0.15) is 0 Å². The largest absolute Gasteiger partial charge is 0.463 e. The highest BCUT2D eigenvalue weighted by atomic mass is 16.5. The van der Waals surface area contributed by atoms with Gasteiger partial charge in [0, 0.05) is 18.2 Å². The first kappa shape index (κ1) is 12.7. The normalized spacial score (nSPS) is 17.3. The minimum atomic E-state index is -0.471. The number of esters is 1. The van der Waals surface area contributed by atoms with E-state index in [4.69, 9.17) is 0 Å². The van der Waals surface area contributed by atoms with Crippen LogP contribution in [0, 0.1) is 0 Å². The molecule has 4 nitrogen and oxygen atoms in total. The van der Waals surface area contributed by atoms with Crippen molar-refractivity contribution in [3.8, 4) is 0 Å². The molecule has 0 radical (unpaired) electrons. The van der Waals surface area contributed by atoms with Gasteiger partial charge in [0.15, 0.2) is 0 Å². The lowest BCUT2D eigenvalue weighted by atomic mass is 9.95. The van der Waals surface area contributed by atoms with Crippen LogP contribution in [0.3, 0.4) is 0 Å². The van der Waals surface area contributed by atoms with Gasteiger partial charge in [-0.05, 0) is 19.8 Å². The highest BCUT2D eigenvalue weighted by Crippen LogP contribution is 2.17. The van der Waals surface area contributed by atoms with Gasteiger partial charge in [-0.1, -0.05) is 19.3 Å². The second-order valence-corrected chi connectivity index (χ2v) is 3.93. The molecule has 1 rings (SSSR count). The molecule has 0 heterocycles. The second-order valence-electron chi connectivity index (χ2n) is 3.93. The van der Waals surface area contributed by atoms with Crippen LogP contribution < -0.4 is 5.32 Å². The number of carbonyl (C=O) groups is 2. The number of nitrogens with one attached hydrogen (secondary N) is 1. The summed E-state index contributed by atoms with van der Waals surface area (Å²) in [4.78, 5) is 22.4. The van der Waals surface area contributed by atoms with E-state index in [0.717, 1.165) is 12.8 Å². The number of hydrogen-bond donors (Lipinski definition) is 1. The fourth-order valence-corrected chi connectivity index (χ4v) is 1.83. The molecule has 0 aromatic rings. The Bertz CT molecular complexity index is 267. The van der Waals surface area contributed by atoms with E-state index in [1.54, 1.807) is 6.92 Å². The Hall–Kier alpha value is -1.32. The molecule has 1 aliphatic rings. The maximum atomic E-state index is 11.4. The summed E-state index contributed by atoms with van der Waals surface area (Å²) in [5.74, 6) is -0.679. The quantitative estimate of drug-likeness (QED) is 0.583. The zero-order valence-electron chi connectivity index (χ0n) is 9.70. The third-order valence-electron chi connectivity index (χ3n) is 2.61. The molecule has 0 saturated heterocycles. The predicted molar refractivity (Wildman–Crippen MR) is 60.8 cm³/mol. The molecule has 90 valence electrons. The molecule has 1 fully saturated rings. The Balaban J connectivity index is 2.26. The smallest absolute Gasteiger partial charge is 0.330 e. The Morgan fingerprint density at radius 1 is 1.25 bits per heavy atom. The minimum Gasteiger partial charge on any atom is -0.463 e. The zero-order chi connectivity index (χ0) is 11.8. The summed E-state index contributed by atoms with van der Waals surface area (Å²) in [6.45, 7) is 2.06. The topological polar surface area (TPSA) is 55.4 Å². The molecule has 0 aliphatic heterocycles. The third-order valence-corrected chi connectivity index (χ3v) is 2.61. The molecule has 0 unspecified atom stereocenters. The van der Waals surface area contributed by atoms with E-state index >= 15 is 0 Å². The molecule has 0 bridgehead atoms. The molecular formula is C12H19NO3. The van der Waals surface area contributed by atoms with Gasteiger partial charge < -0.3 is 10.1 Å². The summed E-state index contributed by atoms with van der Waals surface area (Å²) in [5, 5.41) is 2.88. The lowest BCUT2D eigenvalue weighted by Gasteiger charge is -2.21. The van der Waals surface area contributed by atoms with Gasteiger partial charge in [-0.15, -0.1) is 0 Å². The third kappa shape index (κ3) is 4.96. The molecule has 0 aromatic carbocycles. The summed E-state index contributed by atoms with van der Waals surface area (Å²) < 4.78 is 4.68. The number of hydrogen-bond acceptors (Lipinski definition) is 3. The summed E-state index contributed by atoms with van der Waals surface area (Å²) in [6.07, 6.45) is 8.09. The van der Waals surface area contributed by atoms with Gasteiger partial charge in [0.2, 0.25) is 5.91 Å². The van der Waals surface area contributed by atoms with Crippen molar-refractivity contribution in [1.29, 1.82) is 0 Å². The first-order valence-corrected chi connectivity index (χ1v) is 5.87. The summed E-state index contributed by atoms with van der Waals surface area (Å²) in [6, 6.07) is 0.271. The van der Waals surface area contributed by atoms with Crippen LogP contribution in [-0.4, -0.2) is 24.5 Å². The van der Waals surface area contributed by atoms with E-state index in [1.807, 2.05) is 0 Å². The molecule has 4 heteroatoms. The summed E-state index contributed by atoms with van der Waals surface area (Å²) >= 11 is 0. The number of carbonyl (C=O) groups excluding carboxylic acids is 2. The predicted octanol–water partition coefficient (Wildman–Crippen LogP) is 1.55. The van der Waals surface area contributed by atoms with Crippen molar-refractivity contribution in [2.24, 2.45) is 0 Å². The van der Waals surface area contributed by atoms with Gasteiger partial charge >= 0.3 is 5.97 Å². The van der Waals surface area contributed by atoms with Crippen molar-refractivity contribution < 1.29 is 14.3 Å². The Kier molecular flexibility index (Phi) is 5.61. The van der Waals surface area contributed by atoms with Crippen molar-refractivity contribution in [1.82, 2.24) is 5.32 Å². The van der Waals surface area contributed by atoms with Crippen molar-refractivity contribution in [3.63, 3.8) is 0 Å². The summed E-state index contributed by atoms with van der Waals surface area (Å²) in [5.41, 5.74) is 0. The molecule has 1 aliphatic carbocycles. The monoisotopic (exact) mass is 225 g/mol. The van der Waals surface area contributed by atoms with E-state index < -0.39 is 5.97 Å². The molecular weight excluding hydrogens is 206 g/mol. The maximum absolute atomic E-state index is 11.4. The van der Waals surface area contributed by atoms with E-state index in [9.17, 15) is 9.59 Å². The van der Waals surface area contributed by atoms with Crippen LogP contribution in [0.1, 0.15) is 39.0 Å². The maximum Gasteiger partial charge on any atom is 0.330 e. The van der Waals surface area contributed by atoms with Gasteiger partial charge in [0.25, 0.3) is 0 Å². The van der Waals surface area contributed by atoms with Gasteiger partial charge in [-0.3, -0.25) is 4.79 Å². The number of ether oxygens (including phenoxy) is 1. The Labute approximate surface area is 96.0 Å². The lowest BCUT2D eigenvalue weighted by Crippen LogP contribution is -2.35. The van der Waals surface area contributed by atoms with Crippen molar-refractivity contribution in [3.05, 3.63) is 12.2 Å². The number of rotatable bonds is 4. The first-order chi connectivity index (χ1) is 7.72. The molecule has 1 amide bonds. The van der Waals surface area contributed by atoms with Crippen LogP contribution in [0.2, 0.25) is 0 Å². The van der Waals surface area contributed by atoms with Crippen molar-refractivity contribution in [2.45, 2.75) is 45.1 Å². The second kappa shape index (κ2) is 7.04.